The van der Waals surface area contributed by atoms with Gasteiger partial charge < -0.3 is 14.6 Å². The Morgan fingerprint density at radius 1 is 1.40 bits per heavy atom. The molecule has 0 amide bonds. The Bertz CT molecular complexity index is 443. The average Bonchev–Trinajstić information content (AvgIpc) is 2.59. The molecule has 1 aliphatic heterocycles. The standard InChI is InChI=1S/C8H5NO6/c10-7(11)4-1-2-5-6(3-4)15-8(14-5)9(12)13/h1-3,8H,(H,10,11). The third kappa shape index (κ3) is 1.54. The van der Waals surface area contributed by atoms with Gasteiger partial charge in [0.1, 0.15) is 4.92 Å². The summed E-state index contributed by atoms with van der Waals surface area (Å²) in [6, 6.07) is 3.79. The summed E-state index contributed by atoms with van der Waals surface area (Å²) in [6.45, 7) is 0. The van der Waals surface area contributed by atoms with E-state index in [0.29, 0.717) is 0 Å². The van der Waals surface area contributed by atoms with E-state index in [1.165, 1.54) is 18.2 Å². The second-order valence-corrected chi connectivity index (χ2v) is 2.79. The van der Waals surface area contributed by atoms with Gasteiger partial charge in [-0.25, -0.2) is 4.79 Å². The van der Waals surface area contributed by atoms with Crippen molar-refractivity contribution < 1.29 is 24.3 Å². The Kier molecular flexibility index (Phi) is 1.93. The predicted octanol–water partition coefficient (Wildman–Crippen LogP) is 0.716. The molecule has 1 heterocycles. The number of carbonyl (C=O) groups is 1. The van der Waals surface area contributed by atoms with E-state index in [4.69, 9.17) is 14.6 Å². The first-order valence-electron chi connectivity index (χ1n) is 3.92. The normalized spacial score (nSPS) is 17.5. The fourth-order valence-corrected chi connectivity index (χ4v) is 1.16. The van der Waals surface area contributed by atoms with E-state index in [2.05, 4.69) is 0 Å². The molecule has 78 valence electrons. The Morgan fingerprint density at radius 3 is 2.67 bits per heavy atom. The summed E-state index contributed by atoms with van der Waals surface area (Å²) in [5, 5.41) is 19.0. The minimum absolute atomic E-state index is 0.0126. The van der Waals surface area contributed by atoms with Gasteiger partial charge in [0.15, 0.2) is 11.5 Å². The number of aromatic carboxylic acids is 1. The molecule has 1 N–H and O–H groups in total. The zero-order valence-corrected chi connectivity index (χ0v) is 7.25. The van der Waals surface area contributed by atoms with Gasteiger partial charge in [-0.3, -0.25) is 10.1 Å². The molecular formula is C8H5NO6. The van der Waals surface area contributed by atoms with Gasteiger partial charge >= 0.3 is 12.4 Å². The highest BCUT2D eigenvalue weighted by molar-refractivity contribution is 5.88. The number of hydrogen-bond acceptors (Lipinski definition) is 5. The van der Waals surface area contributed by atoms with Crippen LogP contribution in [0.5, 0.6) is 11.5 Å². The van der Waals surface area contributed by atoms with Crippen molar-refractivity contribution in [1.82, 2.24) is 0 Å². The van der Waals surface area contributed by atoms with Crippen molar-refractivity contribution in [2.24, 2.45) is 0 Å². The monoisotopic (exact) mass is 211 g/mol. The van der Waals surface area contributed by atoms with Gasteiger partial charge in [0.25, 0.3) is 0 Å². The molecule has 7 nitrogen and oxygen atoms in total. The first-order valence-corrected chi connectivity index (χ1v) is 3.92. The van der Waals surface area contributed by atoms with Crippen molar-refractivity contribution in [2.75, 3.05) is 0 Å². The van der Waals surface area contributed by atoms with Crippen LogP contribution in [0, 0.1) is 10.1 Å². The minimum atomic E-state index is -1.59. The van der Waals surface area contributed by atoms with Crippen LogP contribution in [0.4, 0.5) is 0 Å². The summed E-state index contributed by atoms with van der Waals surface area (Å²) >= 11 is 0. The molecule has 0 spiro atoms. The maximum absolute atomic E-state index is 10.6. The van der Waals surface area contributed by atoms with Crippen molar-refractivity contribution in [3.05, 3.63) is 33.9 Å². The fraction of sp³-hybridized carbons (Fsp3) is 0.125. The Balaban J connectivity index is 2.31. The van der Waals surface area contributed by atoms with Gasteiger partial charge in [0.2, 0.25) is 0 Å². The molecule has 1 aromatic rings. The fourth-order valence-electron chi connectivity index (χ4n) is 1.16. The van der Waals surface area contributed by atoms with Crippen LogP contribution in [0.1, 0.15) is 10.4 Å². The molecule has 7 heteroatoms. The molecule has 0 aromatic heterocycles. The number of rotatable bonds is 2. The Labute approximate surface area is 83.0 Å². The van der Waals surface area contributed by atoms with Crippen molar-refractivity contribution in [1.29, 1.82) is 0 Å². The zero-order valence-electron chi connectivity index (χ0n) is 7.25. The quantitative estimate of drug-likeness (QED) is 0.571. The van der Waals surface area contributed by atoms with Gasteiger partial charge in [-0.05, 0) is 18.2 Å². The second-order valence-electron chi connectivity index (χ2n) is 2.79. The Hall–Kier alpha value is -2.31. The second kappa shape index (κ2) is 3.12. The lowest BCUT2D eigenvalue weighted by Crippen LogP contribution is -2.27. The van der Waals surface area contributed by atoms with Crippen LogP contribution in [0.2, 0.25) is 0 Å². The largest absolute Gasteiger partial charge is 0.517 e. The van der Waals surface area contributed by atoms with Crippen LogP contribution in [0.15, 0.2) is 18.2 Å². The van der Waals surface area contributed by atoms with Crippen molar-refractivity contribution in [3.8, 4) is 11.5 Å². The van der Waals surface area contributed by atoms with E-state index in [-0.39, 0.29) is 17.1 Å². The SMILES string of the molecule is O=C(O)c1ccc2c(c1)OC([N+](=O)[O-])O2. The maximum Gasteiger partial charge on any atom is 0.517 e. The summed E-state index contributed by atoms with van der Waals surface area (Å²) in [5.74, 6) is -0.899. The van der Waals surface area contributed by atoms with Gasteiger partial charge in [-0.2, -0.15) is 0 Å². The first-order chi connectivity index (χ1) is 7.08. The molecule has 0 radical (unpaired) electrons. The smallest absolute Gasteiger partial charge is 0.478 e. The van der Waals surface area contributed by atoms with Crippen molar-refractivity contribution in [3.63, 3.8) is 0 Å². The highest BCUT2D eigenvalue weighted by Gasteiger charge is 2.33. The van der Waals surface area contributed by atoms with Gasteiger partial charge in [0, 0.05) is 0 Å². The summed E-state index contributed by atoms with van der Waals surface area (Å²) in [5.41, 5.74) is -0.0126. The van der Waals surface area contributed by atoms with Gasteiger partial charge in [-0.15, -0.1) is 0 Å². The number of nitrogens with zero attached hydrogens (tertiary/aromatic N) is 1. The zero-order chi connectivity index (χ0) is 11.0. The van der Waals surface area contributed by atoms with E-state index >= 15 is 0 Å². The number of carboxylic acids is 1. The van der Waals surface area contributed by atoms with Crippen molar-refractivity contribution >= 4 is 5.97 Å². The molecule has 0 saturated heterocycles. The molecule has 0 bridgehead atoms. The molecule has 1 atom stereocenters. The van der Waals surface area contributed by atoms with E-state index in [1.54, 1.807) is 0 Å². The summed E-state index contributed by atoms with van der Waals surface area (Å²) < 4.78 is 9.56. The number of hydrogen-bond donors (Lipinski definition) is 1. The Morgan fingerprint density at radius 2 is 2.07 bits per heavy atom. The number of nitro groups is 1. The molecule has 1 unspecified atom stereocenters. The molecule has 0 aliphatic carbocycles. The molecule has 0 fully saturated rings. The summed E-state index contributed by atoms with van der Waals surface area (Å²) in [7, 11) is 0. The minimum Gasteiger partial charge on any atom is -0.478 e. The number of ether oxygens (including phenoxy) is 2. The van der Waals surface area contributed by atoms with Gasteiger partial charge in [0.05, 0.1) is 5.56 Å². The predicted molar refractivity (Wildman–Crippen MR) is 45.4 cm³/mol. The number of benzene rings is 1. The lowest BCUT2D eigenvalue weighted by Gasteiger charge is -1.98. The number of fused-ring (bicyclic) bond motifs is 1. The van der Waals surface area contributed by atoms with E-state index in [0.717, 1.165) is 0 Å². The summed E-state index contributed by atoms with van der Waals surface area (Å²) in [4.78, 5) is 20.2. The highest BCUT2D eigenvalue weighted by Crippen LogP contribution is 2.35. The van der Waals surface area contributed by atoms with Crippen LogP contribution >= 0.6 is 0 Å². The molecule has 2 rings (SSSR count). The number of carboxylic acid groups (broad SMARTS) is 1. The highest BCUT2D eigenvalue weighted by atomic mass is 16.8. The van der Waals surface area contributed by atoms with Crippen LogP contribution in [-0.2, 0) is 0 Å². The summed E-state index contributed by atoms with van der Waals surface area (Å²) in [6.07, 6.45) is -1.59. The topological polar surface area (TPSA) is 98.9 Å². The molecular weight excluding hydrogens is 206 g/mol. The van der Waals surface area contributed by atoms with Crippen LogP contribution in [0.3, 0.4) is 0 Å². The van der Waals surface area contributed by atoms with Gasteiger partial charge in [-0.1, -0.05) is 0 Å². The van der Waals surface area contributed by atoms with Crippen LogP contribution in [0.25, 0.3) is 0 Å². The molecule has 0 saturated carbocycles. The van der Waals surface area contributed by atoms with E-state index < -0.39 is 17.3 Å². The molecule has 1 aliphatic rings. The maximum atomic E-state index is 10.6. The lowest BCUT2D eigenvalue weighted by molar-refractivity contribution is -0.600. The molecule has 1 aromatic carbocycles. The van der Waals surface area contributed by atoms with E-state index in [1.807, 2.05) is 0 Å². The third-order valence-corrected chi connectivity index (χ3v) is 1.82. The van der Waals surface area contributed by atoms with Crippen LogP contribution < -0.4 is 9.47 Å². The van der Waals surface area contributed by atoms with Crippen molar-refractivity contribution in [2.45, 2.75) is 6.41 Å². The lowest BCUT2D eigenvalue weighted by atomic mass is 10.2. The molecule has 15 heavy (non-hydrogen) atoms. The van der Waals surface area contributed by atoms with E-state index in [9.17, 15) is 14.9 Å². The van der Waals surface area contributed by atoms with Crippen LogP contribution in [-0.4, -0.2) is 22.4 Å². The average molecular weight is 211 g/mol. The first kappa shape index (κ1) is 9.25. The third-order valence-electron chi connectivity index (χ3n) is 1.82.